The van der Waals surface area contributed by atoms with Crippen LogP contribution in [0.5, 0.6) is 0 Å². The first-order valence-corrected chi connectivity index (χ1v) is 7.89. The summed E-state index contributed by atoms with van der Waals surface area (Å²) >= 11 is 0. The third kappa shape index (κ3) is 6.86. The van der Waals surface area contributed by atoms with Gasteiger partial charge < -0.3 is 11.1 Å². The van der Waals surface area contributed by atoms with Crippen LogP contribution in [0, 0.1) is 11.7 Å². The molecule has 1 heterocycles. The van der Waals surface area contributed by atoms with E-state index < -0.39 is 0 Å². The summed E-state index contributed by atoms with van der Waals surface area (Å²) in [7, 11) is 0. The van der Waals surface area contributed by atoms with Gasteiger partial charge in [-0.3, -0.25) is 4.99 Å². The molecule has 132 valence electrons. The Morgan fingerprint density at radius 3 is 2.67 bits per heavy atom. The normalized spacial score (nSPS) is 11.4. The standard InChI is InChI=1S/C17H24FN5.HI/c1-13(2)7-10-20-17(19)21-11-8-15-9-12-23(22-15)16-5-3-14(18)4-6-16;/h3-6,9,12-13H,7-8,10-11H2,1-2H3,(H3,19,20,21);1H. The van der Waals surface area contributed by atoms with Crippen molar-refractivity contribution in [2.45, 2.75) is 26.7 Å². The van der Waals surface area contributed by atoms with Crippen molar-refractivity contribution in [3.05, 3.63) is 48.0 Å². The van der Waals surface area contributed by atoms with E-state index in [1.165, 1.54) is 12.1 Å². The van der Waals surface area contributed by atoms with E-state index in [4.69, 9.17) is 5.73 Å². The summed E-state index contributed by atoms with van der Waals surface area (Å²) in [5.41, 5.74) is 7.59. The zero-order valence-electron chi connectivity index (χ0n) is 14.1. The fraction of sp³-hybridized carbons (Fsp3) is 0.412. The number of hydrogen-bond acceptors (Lipinski definition) is 2. The second kappa shape index (κ2) is 10.3. The van der Waals surface area contributed by atoms with E-state index in [9.17, 15) is 4.39 Å². The smallest absolute Gasteiger partial charge is 0.188 e. The van der Waals surface area contributed by atoms with Gasteiger partial charge in [0.1, 0.15) is 5.82 Å². The maximum absolute atomic E-state index is 12.9. The number of guanidine groups is 1. The molecule has 0 amide bonds. The third-order valence-corrected chi connectivity index (χ3v) is 3.41. The minimum atomic E-state index is -0.252. The summed E-state index contributed by atoms with van der Waals surface area (Å²) in [6, 6.07) is 8.18. The molecule has 1 aromatic carbocycles. The minimum Gasteiger partial charge on any atom is -0.370 e. The lowest BCUT2D eigenvalue weighted by atomic mass is 10.1. The van der Waals surface area contributed by atoms with Gasteiger partial charge in [-0.2, -0.15) is 5.10 Å². The van der Waals surface area contributed by atoms with E-state index in [1.807, 2.05) is 12.3 Å². The number of aromatic nitrogens is 2. The number of halogens is 2. The van der Waals surface area contributed by atoms with Crippen LogP contribution in [-0.2, 0) is 6.42 Å². The van der Waals surface area contributed by atoms with Gasteiger partial charge in [0.05, 0.1) is 11.4 Å². The third-order valence-electron chi connectivity index (χ3n) is 3.41. The topological polar surface area (TPSA) is 68.2 Å². The average Bonchev–Trinajstić information content (AvgIpc) is 2.96. The molecule has 0 saturated carbocycles. The number of nitrogens with one attached hydrogen (secondary N) is 1. The lowest BCUT2D eigenvalue weighted by Crippen LogP contribution is -2.33. The summed E-state index contributed by atoms with van der Waals surface area (Å²) < 4.78 is 14.7. The first-order chi connectivity index (χ1) is 11.0. The first kappa shape index (κ1) is 20.4. The van der Waals surface area contributed by atoms with E-state index in [0.717, 1.165) is 30.8 Å². The molecule has 0 radical (unpaired) electrons. The molecule has 7 heteroatoms. The van der Waals surface area contributed by atoms with Gasteiger partial charge in [0.2, 0.25) is 0 Å². The molecule has 0 unspecified atom stereocenters. The van der Waals surface area contributed by atoms with Crippen molar-refractivity contribution < 1.29 is 4.39 Å². The molecule has 0 aliphatic rings. The molecule has 0 aliphatic carbocycles. The Labute approximate surface area is 159 Å². The van der Waals surface area contributed by atoms with Crippen LogP contribution in [0.25, 0.3) is 5.69 Å². The second-order valence-electron chi connectivity index (χ2n) is 5.85. The molecule has 0 fully saturated rings. The first-order valence-electron chi connectivity index (χ1n) is 7.89. The van der Waals surface area contributed by atoms with Crippen LogP contribution in [0.3, 0.4) is 0 Å². The van der Waals surface area contributed by atoms with Crippen molar-refractivity contribution >= 4 is 29.9 Å². The number of rotatable bonds is 7. The number of benzene rings is 1. The molecule has 2 aromatic rings. The Kier molecular flexibility index (Phi) is 8.73. The highest BCUT2D eigenvalue weighted by molar-refractivity contribution is 14.0. The molecule has 0 saturated heterocycles. The van der Waals surface area contributed by atoms with Gasteiger partial charge in [0, 0.05) is 25.7 Å². The summed E-state index contributed by atoms with van der Waals surface area (Å²) in [4.78, 5) is 4.28. The lowest BCUT2D eigenvalue weighted by Gasteiger charge is -2.05. The van der Waals surface area contributed by atoms with E-state index in [0.29, 0.717) is 18.4 Å². The van der Waals surface area contributed by atoms with Crippen LogP contribution in [0.2, 0.25) is 0 Å². The van der Waals surface area contributed by atoms with Crippen molar-refractivity contribution in [2.75, 3.05) is 13.1 Å². The quantitative estimate of drug-likeness (QED) is 0.391. The second-order valence-corrected chi connectivity index (χ2v) is 5.85. The Morgan fingerprint density at radius 1 is 1.29 bits per heavy atom. The molecule has 3 N–H and O–H groups in total. The molecule has 0 bridgehead atoms. The SMILES string of the molecule is CC(C)CCN=C(N)NCCc1ccn(-c2ccc(F)cc2)n1.I. The van der Waals surface area contributed by atoms with Gasteiger partial charge in [-0.1, -0.05) is 13.8 Å². The predicted molar refractivity (Wildman–Crippen MR) is 107 cm³/mol. The maximum atomic E-state index is 12.9. The number of nitrogens with zero attached hydrogens (tertiary/aromatic N) is 3. The predicted octanol–water partition coefficient (Wildman–Crippen LogP) is 3.12. The molecular weight excluding hydrogens is 420 g/mol. The van der Waals surface area contributed by atoms with Crippen LogP contribution in [0.1, 0.15) is 26.0 Å². The molecular formula is C17H25FIN5. The van der Waals surface area contributed by atoms with Crippen LogP contribution in [0.15, 0.2) is 41.5 Å². The van der Waals surface area contributed by atoms with Crippen molar-refractivity contribution in [2.24, 2.45) is 16.6 Å². The summed E-state index contributed by atoms with van der Waals surface area (Å²) in [6.45, 7) is 5.75. The molecule has 1 aromatic heterocycles. The monoisotopic (exact) mass is 445 g/mol. The minimum absolute atomic E-state index is 0. The lowest BCUT2D eigenvalue weighted by molar-refractivity contribution is 0.595. The van der Waals surface area contributed by atoms with E-state index >= 15 is 0 Å². The highest BCUT2D eigenvalue weighted by Gasteiger charge is 2.02. The van der Waals surface area contributed by atoms with Crippen molar-refractivity contribution in [3.8, 4) is 5.69 Å². The summed E-state index contributed by atoms with van der Waals surface area (Å²) in [5.74, 6) is 0.850. The fourth-order valence-corrected chi connectivity index (χ4v) is 2.05. The van der Waals surface area contributed by atoms with Crippen LogP contribution in [0.4, 0.5) is 4.39 Å². The molecule has 2 rings (SSSR count). The number of nitrogens with two attached hydrogens (primary N) is 1. The molecule has 0 spiro atoms. The summed E-state index contributed by atoms with van der Waals surface area (Å²) in [5, 5.41) is 7.56. The zero-order valence-corrected chi connectivity index (χ0v) is 16.4. The summed E-state index contributed by atoms with van der Waals surface area (Å²) in [6.07, 6.45) is 3.64. The van der Waals surface area contributed by atoms with Crippen molar-refractivity contribution in [1.82, 2.24) is 15.1 Å². The Hall–Kier alpha value is -1.64. The van der Waals surface area contributed by atoms with Gasteiger partial charge in [-0.15, -0.1) is 24.0 Å². The fourth-order valence-electron chi connectivity index (χ4n) is 2.05. The molecule has 0 aliphatic heterocycles. The van der Waals surface area contributed by atoms with E-state index in [1.54, 1.807) is 16.8 Å². The number of hydrogen-bond donors (Lipinski definition) is 2. The van der Waals surface area contributed by atoms with Crippen LogP contribution in [-0.4, -0.2) is 28.8 Å². The van der Waals surface area contributed by atoms with Gasteiger partial charge in [-0.05, 0) is 42.7 Å². The van der Waals surface area contributed by atoms with Gasteiger partial charge in [0.25, 0.3) is 0 Å². The van der Waals surface area contributed by atoms with Crippen LogP contribution < -0.4 is 11.1 Å². The van der Waals surface area contributed by atoms with Crippen molar-refractivity contribution in [1.29, 1.82) is 0 Å². The highest BCUT2D eigenvalue weighted by Crippen LogP contribution is 2.09. The Morgan fingerprint density at radius 2 is 2.00 bits per heavy atom. The van der Waals surface area contributed by atoms with Crippen LogP contribution >= 0.6 is 24.0 Å². The van der Waals surface area contributed by atoms with Gasteiger partial charge in [0.15, 0.2) is 5.96 Å². The zero-order chi connectivity index (χ0) is 16.7. The molecule has 5 nitrogen and oxygen atoms in total. The highest BCUT2D eigenvalue weighted by atomic mass is 127. The van der Waals surface area contributed by atoms with Crippen molar-refractivity contribution in [3.63, 3.8) is 0 Å². The number of aliphatic imine (C=N–C) groups is 1. The average molecular weight is 445 g/mol. The van der Waals surface area contributed by atoms with E-state index in [-0.39, 0.29) is 29.8 Å². The Balaban J connectivity index is 0.00000288. The Bertz CT molecular complexity index is 637. The molecule has 24 heavy (non-hydrogen) atoms. The van der Waals surface area contributed by atoms with E-state index in [2.05, 4.69) is 29.3 Å². The largest absolute Gasteiger partial charge is 0.370 e. The van der Waals surface area contributed by atoms with Gasteiger partial charge in [-0.25, -0.2) is 9.07 Å². The molecule has 0 atom stereocenters. The maximum Gasteiger partial charge on any atom is 0.188 e. The van der Waals surface area contributed by atoms with Gasteiger partial charge >= 0.3 is 0 Å².